The number of ketones is 1. The molecule has 0 aromatic carbocycles. The molecule has 2 amide bonds. The van der Waals surface area contributed by atoms with E-state index in [9.17, 15) is 14.4 Å². The molecule has 0 fully saturated rings. The average Bonchev–Trinajstić information content (AvgIpc) is 3.09. The molecule has 0 unspecified atom stereocenters. The number of hydrogen-bond acceptors (Lipinski definition) is 6. The van der Waals surface area contributed by atoms with Crippen molar-refractivity contribution >= 4 is 34.1 Å². The predicted molar refractivity (Wildman–Crippen MR) is 76.4 cm³/mol. The van der Waals surface area contributed by atoms with Crippen LogP contribution in [0.1, 0.15) is 34.4 Å². The van der Waals surface area contributed by atoms with Gasteiger partial charge in [-0.1, -0.05) is 0 Å². The first kappa shape index (κ1) is 14.9. The van der Waals surface area contributed by atoms with Gasteiger partial charge in [-0.3, -0.25) is 14.4 Å². The van der Waals surface area contributed by atoms with Crippen molar-refractivity contribution in [3.63, 3.8) is 0 Å². The Balaban J connectivity index is 1.74. The molecule has 2 N–H and O–H groups in total. The fourth-order valence-corrected chi connectivity index (χ4v) is 2.22. The van der Waals surface area contributed by atoms with Crippen LogP contribution in [0.3, 0.4) is 0 Å². The van der Waals surface area contributed by atoms with Crippen molar-refractivity contribution in [2.45, 2.75) is 13.3 Å². The second-order valence-corrected chi connectivity index (χ2v) is 4.98. The Kier molecular flexibility index (Phi) is 4.83. The quantitative estimate of drug-likeness (QED) is 0.791. The molecule has 2 heterocycles. The van der Waals surface area contributed by atoms with Crippen molar-refractivity contribution in [3.05, 3.63) is 35.2 Å². The lowest BCUT2D eigenvalue weighted by atomic mass is 10.3. The largest absolute Gasteiger partial charge is 0.459 e. The van der Waals surface area contributed by atoms with Crippen molar-refractivity contribution in [2.75, 3.05) is 11.9 Å². The second-order valence-electron chi connectivity index (χ2n) is 4.13. The van der Waals surface area contributed by atoms with Crippen LogP contribution in [0.5, 0.6) is 0 Å². The van der Waals surface area contributed by atoms with Gasteiger partial charge in [0.05, 0.1) is 6.26 Å². The van der Waals surface area contributed by atoms with Crippen LogP contribution in [0.15, 0.2) is 28.2 Å². The Labute approximate surface area is 124 Å². The van der Waals surface area contributed by atoms with Gasteiger partial charge < -0.3 is 15.1 Å². The number of amides is 2. The fourth-order valence-electron chi connectivity index (χ4n) is 1.46. The summed E-state index contributed by atoms with van der Waals surface area (Å²) in [5, 5.41) is 7.07. The van der Waals surface area contributed by atoms with Crippen molar-refractivity contribution in [2.24, 2.45) is 0 Å². The number of nitrogens with zero attached hydrogens (tertiary/aromatic N) is 1. The molecule has 2 aromatic rings. The molecule has 7 nitrogen and oxygen atoms in total. The van der Waals surface area contributed by atoms with E-state index in [0.29, 0.717) is 10.8 Å². The number of thiazole rings is 1. The lowest BCUT2D eigenvalue weighted by molar-refractivity contribution is -0.116. The molecular formula is C13H13N3O4S. The van der Waals surface area contributed by atoms with Gasteiger partial charge in [-0.15, -0.1) is 11.3 Å². The SMILES string of the molecule is CC(=O)c1csc(NC(=O)CCNC(=O)c2ccco2)n1. The molecule has 0 spiro atoms. The number of rotatable bonds is 6. The molecule has 0 saturated carbocycles. The summed E-state index contributed by atoms with van der Waals surface area (Å²) in [5.41, 5.74) is 0.321. The van der Waals surface area contributed by atoms with E-state index in [2.05, 4.69) is 15.6 Å². The molecule has 8 heteroatoms. The lowest BCUT2D eigenvalue weighted by Gasteiger charge is -2.03. The van der Waals surface area contributed by atoms with Gasteiger partial charge in [-0.05, 0) is 12.1 Å². The van der Waals surface area contributed by atoms with Crippen LogP contribution in [0.4, 0.5) is 5.13 Å². The highest BCUT2D eigenvalue weighted by molar-refractivity contribution is 7.14. The zero-order chi connectivity index (χ0) is 15.2. The van der Waals surface area contributed by atoms with Crippen molar-refractivity contribution in [1.82, 2.24) is 10.3 Å². The fraction of sp³-hybridized carbons (Fsp3) is 0.231. The van der Waals surface area contributed by atoms with Crippen LogP contribution in [-0.4, -0.2) is 29.1 Å². The van der Waals surface area contributed by atoms with E-state index in [0.717, 1.165) is 0 Å². The number of furan rings is 1. The third-order valence-electron chi connectivity index (χ3n) is 2.49. The summed E-state index contributed by atoms with van der Waals surface area (Å²) >= 11 is 1.18. The molecule has 0 radical (unpaired) electrons. The van der Waals surface area contributed by atoms with E-state index >= 15 is 0 Å². The molecule has 110 valence electrons. The molecule has 2 rings (SSSR count). The monoisotopic (exact) mass is 307 g/mol. The Morgan fingerprint density at radius 1 is 1.38 bits per heavy atom. The highest BCUT2D eigenvalue weighted by Crippen LogP contribution is 2.15. The van der Waals surface area contributed by atoms with E-state index < -0.39 is 0 Å². The van der Waals surface area contributed by atoms with E-state index in [-0.39, 0.29) is 36.3 Å². The van der Waals surface area contributed by atoms with Crippen molar-refractivity contribution < 1.29 is 18.8 Å². The maximum Gasteiger partial charge on any atom is 0.286 e. The van der Waals surface area contributed by atoms with E-state index in [1.165, 1.54) is 30.6 Å². The molecule has 0 saturated heterocycles. The normalized spacial score (nSPS) is 10.1. The molecular weight excluding hydrogens is 294 g/mol. The minimum atomic E-state index is -0.374. The topological polar surface area (TPSA) is 101 Å². The zero-order valence-corrected chi connectivity index (χ0v) is 12.0. The average molecular weight is 307 g/mol. The van der Waals surface area contributed by atoms with Gasteiger partial charge in [0.2, 0.25) is 5.91 Å². The van der Waals surface area contributed by atoms with Crippen LogP contribution < -0.4 is 10.6 Å². The Morgan fingerprint density at radius 3 is 2.81 bits per heavy atom. The van der Waals surface area contributed by atoms with E-state index in [1.54, 1.807) is 11.4 Å². The summed E-state index contributed by atoms with van der Waals surface area (Å²) in [4.78, 5) is 38.2. The number of anilines is 1. The molecule has 2 aromatic heterocycles. The molecule has 0 bridgehead atoms. The van der Waals surface area contributed by atoms with Gasteiger partial charge in [0.15, 0.2) is 16.7 Å². The number of aromatic nitrogens is 1. The summed E-state index contributed by atoms with van der Waals surface area (Å²) in [6, 6.07) is 3.14. The minimum absolute atomic E-state index is 0.0986. The summed E-state index contributed by atoms with van der Waals surface area (Å²) in [6.07, 6.45) is 1.50. The van der Waals surface area contributed by atoms with E-state index in [4.69, 9.17) is 4.42 Å². The molecule has 21 heavy (non-hydrogen) atoms. The van der Waals surface area contributed by atoms with Gasteiger partial charge in [0.25, 0.3) is 5.91 Å². The number of carbonyl (C=O) groups is 3. The highest BCUT2D eigenvalue weighted by atomic mass is 32.1. The lowest BCUT2D eigenvalue weighted by Crippen LogP contribution is -2.27. The van der Waals surface area contributed by atoms with Crippen LogP contribution in [0.2, 0.25) is 0 Å². The zero-order valence-electron chi connectivity index (χ0n) is 11.2. The number of carbonyl (C=O) groups excluding carboxylic acids is 3. The third kappa shape index (κ3) is 4.25. The minimum Gasteiger partial charge on any atom is -0.459 e. The van der Waals surface area contributed by atoms with Gasteiger partial charge in [-0.2, -0.15) is 0 Å². The first-order valence-electron chi connectivity index (χ1n) is 6.14. The van der Waals surface area contributed by atoms with Gasteiger partial charge in [0, 0.05) is 25.3 Å². The van der Waals surface area contributed by atoms with Crippen LogP contribution in [0.25, 0.3) is 0 Å². The summed E-state index contributed by atoms with van der Waals surface area (Å²) in [5.74, 6) is -0.626. The molecule has 0 aliphatic heterocycles. The molecule has 0 aliphatic rings. The smallest absolute Gasteiger partial charge is 0.286 e. The Bertz CT molecular complexity index is 648. The second kappa shape index (κ2) is 6.80. The van der Waals surface area contributed by atoms with Crippen molar-refractivity contribution in [1.29, 1.82) is 0 Å². The Hall–Kier alpha value is -2.48. The van der Waals surface area contributed by atoms with Gasteiger partial charge >= 0.3 is 0 Å². The summed E-state index contributed by atoms with van der Waals surface area (Å²) in [7, 11) is 0. The van der Waals surface area contributed by atoms with Gasteiger partial charge in [0.1, 0.15) is 5.69 Å². The summed E-state index contributed by atoms with van der Waals surface area (Å²) in [6.45, 7) is 1.58. The number of Topliss-reactive ketones (excluding diaryl/α,β-unsaturated/α-hetero) is 1. The molecule has 0 aliphatic carbocycles. The van der Waals surface area contributed by atoms with Crippen LogP contribution >= 0.6 is 11.3 Å². The first-order chi connectivity index (χ1) is 10.1. The highest BCUT2D eigenvalue weighted by Gasteiger charge is 2.11. The summed E-state index contributed by atoms with van der Waals surface area (Å²) < 4.78 is 4.92. The van der Waals surface area contributed by atoms with Crippen molar-refractivity contribution in [3.8, 4) is 0 Å². The number of nitrogens with one attached hydrogen (secondary N) is 2. The standard InChI is InChI=1S/C13H13N3O4S/c1-8(17)9-7-21-13(15-9)16-11(18)4-5-14-12(19)10-3-2-6-20-10/h2-3,6-7H,4-5H2,1H3,(H,14,19)(H,15,16,18). The van der Waals surface area contributed by atoms with Gasteiger partial charge in [-0.25, -0.2) is 4.98 Å². The van der Waals surface area contributed by atoms with E-state index in [1.807, 2.05) is 0 Å². The predicted octanol–water partition coefficient (Wildman–Crippen LogP) is 1.70. The first-order valence-corrected chi connectivity index (χ1v) is 7.02. The Morgan fingerprint density at radius 2 is 2.19 bits per heavy atom. The maximum atomic E-state index is 11.7. The van der Waals surface area contributed by atoms with Crippen LogP contribution in [0, 0.1) is 0 Å². The number of hydrogen-bond donors (Lipinski definition) is 2. The molecule has 0 atom stereocenters. The van der Waals surface area contributed by atoms with Crippen LogP contribution in [-0.2, 0) is 4.79 Å². The maximum absolute atomic E-state index is 11.7. The third-order valence-corrected chi connectivity index (χ3v) is 3.25.